The van der Waals surface area contributed by atoms with Crippen LogP contribution in [0.4, 0.5) is 5.69 Å². The molecule has 0 saturated heterocycles. The van der Waals surface area contributed by atoms with Crippen molar-refractivity contribution in [2.45, 2.75) is 6.54 Å². The van der Waals surface area contributed by atoms with Gasteiger partial charge in [-0.25, -0.2) is 0 Å². The van der Waals surface area contributed by atoms with Gasteiger partial charge in [-0.05, 0) is 49.0 Å². The number of carbonyl (C=O) groups excluding carboxylic acids is 2. The average molecular weight is 332 g/mol. The van der Waals surface area contributed by atoms with Gasteiger partial charge in [0.2, 0.25) is 11.8 Å². The first-order chi connectivity index (χ1) is 10.9. The number of carbonyl (C=O) groups is 2. The number of likely N-dealkylation sites (N-methyl/N-ethyl adjacent to an activating group) is 1. The Morgan fingerprint density at radius 1 is 1.17 bits per heavy atom. The first-order valence-electron chi connectivity index (χ1n) is 7.07. The largest absolute Gasteiger partial charge is 0.366 e. The van der Waals surface area contributed by atoms with Gasteiger partial charge in [0.15, 0.2) is 0 Å². The number of anilines is 1. The number of amides is 2. The highest BCUT2D eigenvalue weighted by Crippen LogP contribution is 2.12. The minimum absolute atomic E-state index is 0.138. The summed E-state index contributed by atoms with van der Waals surface area (Å²) in [4.78, 5) is 24.9. The van der Waals surface area contributed by atoms with Crippen molar-refractivity contribution in [3.8, 4) is 0 Å². The van der Waals surface area contributed by atoms with Gasteiger partial charge in [-0.2, -0.15) is 0 Å². The predicted molar refractivity (Wildman–Crippen MR) is 91.4 cm³/mol. The number of primary amides is 1. The monoisotopic (exact) mass is 331 g/mol. The van der Waals surface area contributed by atoms with Crippen molar-refractivity contribution in [2.75, 3.05) is 18.9 Å². The summed E-state index contributed by atoms with van der Waals surface area (Å²) in [6, 6.07) is 14.0. The number of rotatable bonds is 6. The standard InChI is InChI=1S/C17H18ClN3O2/c1-21(10-12-3-2-4-14(18)9-12)11-16(22)20-15-7-5-13(6-8-15)17(19)23/h2-9H,10-11H2,1H3,(H2,19,23)(H,20,22). The fourth-order valence-corrected chi connectivity index (χ4v) is 2.38. The molecule has 0 heterocycles. The second-order valence-electron chi connectivity index (χ2n) is 5.29. The molecule has 0 unspecified atom stereocenters. The summed E-state index contributed by atoms with van der Waals surface area (Å²) in [6.45, 7) is 0.860. The number of halogens is 1. The van der Waals surface area contributed by atoms with Gasteiger partial charge in [-0.3, -0.25) is 14.5 Å². The Kier molecular flexibility index (Phi) is 5.73. The zero-order valence-corrected chi connectivity index (χ0v) is 13.5. The van der Waals surface area contributed by atoms with E-state index in [1.165, 1.54) is 0 Å². The molecule has 2 aromatic carbocycles. The maximum atomic E-state index is 12.0. The molecule has 23 heavy (non-hydrogen) atoms. The van der Waals surface area contributed by atoms with Gasteiger partial charge < -0.3 is 11.1 Å². The van der Waals surface area contributed by atoms with E-state index in [0.29, 0.717) is 22.8 Å². The normalized spacial score (nSPS) is 10.6. The molecule has 0 spiro atoms. The molecule has 120 valence electrons. The van der Waals surface area contributed by atoms with E-state index in [1.54, 1.807) is 24.3 Å². The van der Waals surface area contributed by atoms with Crippen LogP contribution >= 0.6 is 11.6 Å². The number of nitrogens with two attached hydrogens (primary N) is 1. The summed E-state index contributed by atoms with van der Waals surface area (Å²) in [7, 11) is 1.86. The highest BCUT2D eigenvalue weighted by molar-refractivity contribution is 6.30. The third kappa shape index (κ3) is 5.39. The number of nitrogens with zero attached hydrogens (tertiary/aromatic N) is 1. The molecule has 0 aromatic heterocycles. The molecule has 0 aliphatic carbocycles. The zero-order chi connectivity index (χ0) is 16.8. The van der Waals surface area contributed by atoms with Crippen molar-refractivity contribution in [1.29, 1.82) is 0 Å². The van der Waals surface area contributed by atoms with E-state index in [1.807, 2.05) is 36.2 Å². The van der Waals surface area contributed by atoms with Crippen LogP contribution in [0.1, 0.15) is 15.9 Å². The zero-order valence-electron chi connectivity index (χ0n) is 12.8. The van der Waals surface area contributed by atoms with E-state index in [2.05, 4.69) is 5.32 Å². The molecule has 0 bridgehead atoms. The van der Waals surface area contributed by atoms with Crippen LogP contribution in [0.2, 0.25) is 5.02 Å². The Balaban J connectivity index is 1.87. The van der Waals surface area contributed by atoms with Gasteiger partial charge in [0, 0.05) is 22.8 Å². The third-order valence-electron chi connectivity index (χ3n) is 3.21. The van der Waals surface area contributed by atoms with Gasteiger partial charge in [-0.1, -0.05) is 23.7 Å². The molecule has 2 aromatic rings. The van der Waals surface area contributed by atoms with E-state index in [9.17, 15) is 9.59 Å². The number of benzene rings is 2. The van der Waals surface area contributed by atoms with Gasteiger partial charge in [0.25, 0.3) is 0 Å². The third-order valence-corrected chi connectivity index (χ3v) is 3.44. The van der Waals surface area contributed by atoms with Crippen LogP contribution in [0.5, 0.6) is 0 Å². The Labute approximate surface area is 140 Å². The lowest BCUT2D eigenvalue weighted by Crippen LogP contribution is -2.29. The van der Waals surface area contributed by atoms with Gasteiger partial charge in [0.05, 0.1) is 6.54 Å². The Bertz CT molecular complexity index is 701. The second-order valence-corrected chi connectivity index (χ2v) is 5.73. The van der Waals surface area contributed by atoms with Crippen LogP contribution in [0, 0.1) is 0 Å². The highest BCUT2D eigenvalue weighted by Gasteiger charge is 2.08. The summed E-state index contributed by atoms with van der Waals surface area (Å²) < 4.78 is 0. The smallest absolute Gasteiger partial charge is 0.248 e. The molecule has 0 radical (unpaired) electrons. The first kappa shape index (κ1) is 17.0. The Morgan fingerprint density at radius 2 is 1.87 bits per heavy atom. The molecular formula is C17H18ClN3O2. The van der Waals surface area contributed by atoms with Crippen LogP contribution < -0.4 is 11.1 Å². The minimum atomic E-state index is -0.496. The maximum absolute atomic E-state index is 12.0. The van der Waals surface area contributed by atoms with Gasteiger partial charge in [-0.15, -0.1) is 0 Å². The molecule has 0 atom stereocenters. The van der Waals surface area contributed by atoms with Gasteiger partial charge in [0.1, 0.15) is 0 Å². The second kappa shape index (κ2) is 7.76. The molecule has 0 aliphatic rings. The molecular weight excluding hydrogens is 314 g/mol. The summed E-state index contributed by atoms with van der Waals surface area (Å²) in [5.41, 5.74) is 7.24. The van der Waals surface area contributed by atoms with Gasteiger partial charge >= 0.3 is 0 Å². The molecule has 0 fully saturated rings. The predicted octanol–water partition coefficient (Wildman–Crippen LogP) is 2.51. The van der Waals surface area contributed by atoms with E-state index >= 15 is 0 Å². The van der Waals surface area contributed by atoms with Crippen molar-refractivity contribution >= 4 is 29.1 Å². The fourth-order valence-electron chi connectivity index (χ4n) is 2.17. The SMILES string of the molecule is CN(CC(=O)Nc1ccc(C(N)=O)cc1)Cc1cccc(Cl)c1. The van der Waals surface area contributed by atoms with E-state index in [-0.39, 0.29) is 12.5 Å². The van der Waals surface area contributed by atoms with Crippen molar-refractivity contribution in [3.05, 3.63) is 64.7 Å². The van der Waals surface area contributed by atoms with Crippen LogP contribution in [0.3, 0.4) is 0 Å². The molecule has 6 heteroatoms. The first-order valence-corrected chi connectivity index (χ1v) is 7.44. The van der Waals surface area contributed by atoms with Crippen molar-refractivity contribution in [2.24, 2.45) is 5.73 Å². The summed E-state index contributed by atoms with van der Waals surface area (Å²) in [6.07, 6.45) is 0. The van der Waals surface area contributed by atoms with Crippen LogP contribution in [0.15, 0.2) is 48.5 Å². The molecule has 0 aliphatic heterocycles. The lowest BCUT2D eigenvalue weighted by atomic mass is 10.2. The summed E-state index contributed by atoms with van der Waals surface area (Å²) in [5, 5.41) is 3.45. The summed E-state index contributed by atoms with van der Waals surface area (Å²) in [5.74, 6) is -0.634. The van der Waals surface area contributed by atoms with Crippen molar-refractivity contribution in [1.82, 2.24) is 4.90 Å². The quantitative estimate of drug-likeness (QED) is 0.854. The lowest BCUT2D eigenvalue weighted by Gasteiger charge is -2.16. The summed E-state index contributed by atoms with van der Waals surface area (Å²) >= 11 is 5.95. The van der Waals surface area contributed by atoms with Crippen molar-refractivity contribution < 1.29 is 9.59 Å². The maximum Gasteiger partial charge on any atom is 0.248 e. The van der Waals surface area contributed by atoms with E-state index in [4.69, 9.17) is 17.3 Å². The minimum Gasteiger partial charge on any atom is -0.366 e. The Hall–Kier alpha value is -2.37. The molecule has 3 N–H and O–H groups in total. The highest BCUT2D eigenvalue weighted by atomic mass is 35.5. The van der Waals surface area contributed by atoms with Crippen LogP contribution in [-0.2, 0) is 11.3 Å². The molecule has 5 nitrogen and oxygen atoms in total. The molecule has 0 saturated carbocycles. The molecule has 2 amide bonds. The van der Waals surface area contributed by atoms with Crippen LogP contribution in [-0.4, -0.2) is 30.3 Å². The van der Waals surface area contributed by atoms with Crippen molar-refractivity contribution in [3.63, 3.8) is 0 Å². The Morgan fingerprint density at radius 3 is 2.48 bits per heavy atom. The van der Waals surface area contributed by atoms with E-state index in [0.717, 1.165) is 5.56 Å². The number of hydrogen-bond acceptors (Lipinski definition) is 3. The number of hydrogen-bond donors (Lipinski definition) is 2. The van der Waals surface area contributed by atoms with E-state index < -0.39 is 5.91 Å². The topological polar surface area (TPSA) is 75.4 Å². The lowest BCUT2D eigenvalue weighted by molar-refractivity contribution is -0.117. The fraction of sp³-hybridized carbons (Fsp3) is 0.176. The molecule has 2 rings (SSSR count). The number of nitrogens with one attached hydrogen (secondary N) is 1. The van der Waals surface area contributed by atoms with Crippen LogP contribution in [0.25, 0.3) is 0 Å². The average Bonchev–Trinajstić information content (AvgIpc) is 2.47.